The van der Waals surface area contributed by atoms with Crippen molar-refractivity contribution in [1.29, 1.82) is 0 Å². The molecule has 76 valence electrons. The summed E-state index contributed by atoms with van der Waals surface area (Å²) in [4.78, 5) is 14.7. The zero-order chi connectivity index (χ0) is 10.6. The summed E-state index contributed by atoms with van der Waals surface area (Å²) in [5, 5.41) is 9.40. The van der Waals surface area contributed by atoms with Crippen molar-refractivity contribution >= 4 is 17.6 Å². The zero-order valence-corrected chi connectivity index (χ0v) is 8.41. The molecule has 1 aromatic heterocycles. The van der Waals surface area contributed by atoms with Gasteiger partial charge in [-0.15, -0.1) is 0 Å². The van der Waals surface area contributed by atoms with Crippen LogP contribution < -0.4 is 0 Å². The van der Waals surface area contributed by atoms with Crippen LogP contribution in [0.2, 0.25) is 5.15 Å². The molecule has 4 nitrogen and oxygen atoms in total. The lowest BCUT2D eigenvalue weighted by Gasteiger charge is -2.04. The third kappa shape index (κ3) is 2.60. The first-order chi connectivity index (χ1) is 6.65. The molecule has 5 heteroatoms. The van der Waals surface area contributed by atoms with E-state index < -0.39 is 5.97 Å². The third-order valence-electron chi connectivity index (χ3n) is 1.60. The van der Waals surface area contributed by atoms with Gasteiger partial charge in [0, 0.05) is 11.8 Å². The standard InChI is InChI=1S/C9H10ClNO3/c1-2-14-7(12)5-6-3-4-11-9(10)8(6)13/h3-4,13H,2,5H2,1H3. The second-order valence-corrected chi connectivity index (χ2v) is 2.95. The van der Waals surface area contributed by atoms with Gasteiger partial charge < -0.3 is 9.84 Å². The lowest BCUT2D eigenvalue weighted by molar-refractivity contribution is -0.142. The SMILES string of the molecule is CCOC(=O)Cc1ccnc(Cl)c1O. The normalized spacial score (nSPS) is 9.86. The predicted octanol–water partition coefficient (Wildman–Crippen LogP) is 1.55. The monoisotopic (exact) mass is 215 g/mol. The molecular weight excluding hydrogens is 206 g/mol. The number of rotatable bonds is 3. The van der Waals surface area contributed by atoms with Gasteiger partial charge in [0.05, 0.1) is 13.0 Å². The van der Waals surface area contributed by atoms with Crippen LogP contribution in [0.3, 0.4) is 0 Å². The topological polar surface area (TPSA) is 59.4 Å². The van der Waals surface area contributed by atoms with Crippen molar-refractivity contribution in [2.45, 2.75) is 13.3 Å². The molecule has 0 aliphatic rings. The second kappa shape index (κ2) is 4.81. The molecule has 0 radical (unpaired) electrons. The minimum Gasteiger partial charge on any atom is -0.504 e. The Morgan fingerprint density at radius 1 is 1.71 bits per heavy atom. The Morgan fingerprint density at radius 2 is 2.43 bits per heavy atom. The van der Waals surface area contributed by atoms with E-state index >= 15 is 0 Å². The highest BCUT2D eigenvalue weighted by molar-refractivity contribution is 6.30. The van der Waals surface area contributed by atoms with E-state index in [1.54, 1.807) is 6.92 Å². The minimum absolute atomic E-state index is 0.00190. The van der Waals surface area contributed by atoms with Crippen LogP contribution in [0.1, 0.15) is 12.5 Å². The average Bonchev–Trinajstić information content (AvgIpc) is 2.13. The van der Waals surface area contributed by atoms with Gasteiger partial charge in [0.15, 0.2) is 10.9 Å². The molecule has 1 heterocycles. The fraction of sp³-hybridized carbons (Fsp3) is 0.333. The van der Waals surface area contributed by atoms with E-state index in [2.05, 4.69) is 4.98 Å². The molecule has 0 saturated heterocycles. The van der Waals surface area contributed by atoms with Crippen LogP contribution in [0, 0.1) is 0 Å². The highest BCUT2D eigenvalue weighted by Crippen LogP contribution is 2.24. The number of carbonyl (C=O) groups is 1. The molecule has 0 aromatic carbocycles. The fourth-order valence-corrected chi connectivity index (χ4v) is 1.15. The average molecular weight is 216 g/mol. The van der Waals surface area contributed by atoms with Gasteiger partial charge in [-0.2, -0.15) is 0 Å². The Kier molecular flexibility index (Phi) is 3.71. The number of carbonyl (C=O) groups excluding carboxylic acids is 1. The lowest BCUT2D eigenvalue weighted by atomic mass is 10.2. The van der Waals surface area contributed by atoms with E-state index in [1.165, 1.54) is 12.3 Å². The molecular formula is C9H10ClNO3. The Labute approximate surface area is 86.5 Å². The van der Waals surface area contributed by atoms with Crippen LogP contribution in [0.4, 0.5) is 0 Å². The van der Waals surface area contributed by atoms with Crippen LogP contribution >= 0.6 is 11.6 Å². The van der Waals surface area contributed by atoms with E-state index in [0.717, 1.165) is 0 Å². The van der Waals surface area contributed by atoms with Crippen molar-refractivity contribution in [3.05, 3.63) is 23.0 Å². The maximum atomic E-state index is 11.1. The number of aromatic nitrogens is 1. The number of hydrogen-bond donors (Lipinski definition) is 1. The molecule has 0 atom stereocenters. The van der Waals surface area contributed by atoms with Gasteiger partial charge in [-0.1, -0.05) is 11.6 Å². The van der Waals surface area contributed by atoms with Crippen molar-refractivity contribution in [1.82, 2.24) is 4.98 Å². The Morgan fingerprint density at radius 3 is 3.07 bits per heavy atom. The van der Waals surface area contributed by atoms with Gasteiger partial charge in [-0.05, 0) is 13.0 Å². The molecule has 0 spiro atoms. The van der Waals surface area contributed by atoms with E-state index in [1.807, 2.05) is 0 Å². The molecule has 1 N–H and O–H groups in total. The van der Waals surface area contributed by atoms with Crippen LogP contribution in [0.25, 0.3) is 0 Å². The first-order valence-corrected chi connectivity index (χ1v) is 4.51. The summed E-state index contributed by atoms with van der Waals surface area (Å²) in [5.41, 5.74) is 0.420. The molecule has 0 saturated carbocycles. The number of esters is 1. The molecule has 0 bridgehead atoms. The zero-order valence-electron chi connectivity index (χ0n) is 7.66. The number of nitrogens with zero attached hydrogens (tertiary/aromatic N) is 1. The number of halogens is 1. The van der Waals surface area contributed by atoms with Crippen LogP contribution in [-0.4, -0.2) is 22.7 Å². The summed E-state index contributed by atoms with van der Waals surface area (Å²) in [6.45, 7) is 2.04. The molecule has 1 aromatic rings. The van der Waals surface area contributed by atoms with Crippen molar-refractivity contribution < 1.29 is 14.6 Å². The lowest BCUT2D eigenvalue weighted by Crippen LogP contribution is -2.07. The minimum atomic E-state index is -0.398. The quantitative estimate of drug-likeness (QED) is 0.614. The number of ether oxygens (including phenoxy) is 1. The van der Waals surface area contributed by atoms with Crippen LogP contribution in [-0.2, 0) is 16.0 Å². The Bertz CT molecular complexity index is 341. The fourth-order valence-electron chi connectivity index (χ4n) is 0.975. The smallest absolute Gasteiger partial charge is 0.310 e. The number of hydrogen-bond acceptors (Lipinski definition) is 4. The molecule has 0 aliphatic heterocycles. The van der Waals surface area contributed by atoms with Crippen LogP contribution in [0.15, 0.2) is 12.3 Å². The van der Waals surface area contributed by atoms with Crippen molar-refractivity contribution in [2.24, 2.45) is 0 Å². The summed E-state index contributed by atoms with van der Waals surface area (Å²) in [7, 11) is 0. The van der Waals surface area contributed by atoms with Crippen LogP contribution in [0.5, 0.6) is 5.75 Å². The van der Waals surface area contributed by atoms with Gasteiger partial charge in [0.25, 0.3) is 0 Å². The van der Waals surface area contributed by atoms with Gasteiger partial charge in [0.1, 0.15) is 0 Å². The largest absolute Gasteiger partial charge is 0.504 e. The third-order valence-corrected chi connectivity index (χ3v) is 1.88. The van der Waals surface area contributed by atoms with Gasteiger partial charge >= 0.3 is 5.97 Å². The summed E-state index contributed by atoms with van der Waals surface area (Å²) < 4.78 is 4.73. The molecule has 0 amide bonds. The summed E-state index contributed by atoms with van der Waals surface area (Å²) >= 11 is 5.56. The van der Waals surface area contributed by atoms with Gasteiger partial charge in [0.2, 0.25) is 0 Å². The van der Waals surface area contributed by atoms with Gasteiger partial charge in [-0.3, -0.25) is 4.79 Å². The summed E-state index contributed by atoms with van der Waals surface area (Å²) in [6.07, 6.45) is 1.43. The maximum Gasteiger partial charge on any atom is 0.310 e. The van der Waals surface area contributed by atoms with E-state index in [-0.39, 0.29) is 17.3 Å². The highest BCUT2D eigenvalue weighted by atomic mass is 35.5. The summed E-state index contributed by atoms with van der Waals surface area (Å²) in [6, 6.07) is 1.53. The summed E-state index contributed by atoms with van der Waals surface area (Å²) in [5.74, 6) is -0.563. The highest BCUT2D eigenvalue weighted by Gasteiger charge is 2.10. The molecule has 1 rings (SSSR count). The first-order valence-electron chi connectivity index (χ1n) is 4.13. The van der Waals surface area contributed by atoms with Gasteiger partial charge in [-0.25, -0.2) is 4.98 Å². The van der Waals surface area contributed by atoms with E-state index in [0.29, 0.717) is 12.2 Å². The molecule has 0 fully saturated rings. The molecule has 14 heavy (non-hydrogen) atoms. The number of pyridine rings is 1. The maximum absolute atomic E-state index is 11.1. The van der Waals surface area contributed by atoms with E-state index in [9.17, 15) is 9.90 Å². The Balaban J connectivity index is 2.76. The number of aromatic hydroxyl groups is 1. The van der Waals surface area contributed by atoms with Crippen molar-refractivity contribution in [3.8, 4) is 5.75 Å². The predicted molar refractivity (Wildman–Crippen MR) is 51.2 cm³/mol. The molecule has 0 aliphatic carbocycles. The Hall–Kier alpha value is -1.29. The first kappa shape index (κ1) is 10.8. The van der Waals surface area contributed by atoms with E-state index in [4.69, 9.17) is 16.3 Å². The second-order valence-electron chi connectivity index (χ2n) is 2.59. The van der Waals surface area contributed by atoms with Crippen molar-refractivity contribution in [2.75, 3.05) is 6.61 Å². The molecule has 0 unspecified atom stereocenters. The van der Waals surface area contributed by atoms with Crippen molar-refractivity contribution in [3.63, 3.8) is 0 Å².